The van der Waals surface area contributed by atoms with E-state index in [2.05, 4.69) is 229 Å². The van der Waals surface area contributed by atoms with E-state index in [9.17, 15) is 0 Å². The number of hydrogen-bond acceptors (Lipinski definition) is 1. The molecule has 0 amide bonds. The number of nitrogens with zero attached hydrogens (tertiary/aromatic N) is 1. The monoisotopic (exact) mass is 687 g/mol. The van der Waals surface area contributed by atoms with Gasteiger partial charge in [0.1, 0.15) is 0 Å². The topological polar surface area (TPSA) is 3.24 Å². The van der Waals surface area contributed by atoms with Crippen LogP contribution in [-0.4, -0.2) is 0 Å². The van der Waals surface area contributed by atoms with Gasteiger partial charge in [0.05, 0.1) is 11.1 Å². The third-order valence-corrected chi connectivity index (χ3v) is 11.1. The number of rotatable bonds is 7. The highest BCUT2D eigenvalue weighted by Gasteiger charge is 2.48. The Morgan fingerprint density at radius 1 is 0.333 bits per heavy atom. The van der Waals surface area contributed by atoms with Crippen LogP contribution < -0.4 is 4.90 Å². The maximum Gasteiger partial charge on any atom is 0.0720 e. The van der Waals surface area contributed by atoms with E-state index >= 15 is 0 Å². The van der Waals surface area contributed by atoms with Crippen molar-refractivity contribution in [3.05, 3.63) is 247 Å². The fraction of sp³-hybridized carbons (Fsp3) is 0.0189. The Hall–Kier alpha value is -6.96. The molecule has 0 unspecified atom stereocenters. The summed E-state index contributed by atoms with van der Waals surface area (Å²) in [5, 5.41) is 2.52. The van der Waals surface area contributed by atoms with Crippen molar-refractivity contribution in [3.63, 3.8) is 0 Å². The molecule has 0 aromatic heterocycles. The zero-order chi connectivity index (χ0) is 35.9. The van der Waals surface area contributed by atoms with Crippen molar-refractivity contribution in [2.75, 3.05) is 4.90 Å². The van der Waals surface area contributed by atoms with Gasteiger partial charge in [0.2, 0.25) is 0 Å². The van der Waals surface area contributed by atoms with Crippen molar-refractivity contribution in [2.45, 2.75) is 5.41 Å². The minimum atomic E-state index is -0.572. The van der Waals surface area contributed by atoms with Gasteiger partial charge in [-0.2, -0.15) is 0 Å². The van der Waals surface area contributed by atoms with Crippen LogP contribution in [0.4, 0.5) is 17.1 Å². The molecule has 0 spiro atoms. The van der Waals surface area contributed by atoms with Crippen LogP contribution in [0.15, 0.2) is 224 Å². The van der Waals surface area contributed by atoms with Crippen LogP contribution in [0, 0.1) is 0 Å². The third kappa shape index (κ3) is 5.01. The lowest BCUT2D eigenvalue weighted by atomic mass is 9.66. The van der Waals surface area contributed by atoms with Crippen molar-refractivity contribution in [1.29, 1.82) is 0 Å². The predicted molar refractivity (Wildman–Crippen MR) is 227 cm³/mol. The molecule has 0 atom stereocenters. The van der Waals surface area contributed by atoms with Crippen molar-refractivity contribution < 1.29 is 0 Å². The van der Waals surface area contributed by atoms with Gasteiger partial charge in [0.15, 0.2) is 0 Å². The third-order valence-electron chi connectivity index (χ3n) is 11.1. The fourth-order valence-corrected chi connectivity index (χ4v) is 8.87. The number of hydrogen-bond donors (Lipinski definition) is 0. The van der Waals surface area contributed by atoms with Gasteiger partial charge < -0.3 is 4.90 Å². The lowest BCUT2D eigenvalue weighted by molar-refractivity contribution is 0.775. The molecule has 54 heavy (non-hydrogen) atoms. The van der Waals surface area contributed by atoms with Gasteiger partial charge in [-0.25, -0.2) is 0 Å². The van der Waals surface area contributed by atoms with Gasteiger partial charge in [-0.1, -0.05) is 188 Å². The van der Waals surface area contributed by atoms with Crippen molar-refractivity contribution in [1.82, 2.24) is 0 Å². The SMILES string of the molecule is c1ccc(-c2ccc(N(c3ccccc3)c3cccc4c3-c3cc(-c5ccccc5)c5ccccc5c3C4(c3ccccc3)c3ccccc3)cc2)cc1. The Kier molecular flexibility index (Phi) is 7.78. The second-order valence-corrected chi connectivity index (χ2v) is 14.0. The zero-order valence-corrected chi connectivity index (χ0v) is 29.8. The van der Waals surface area contributed by atoms with E-state index in [1.165, 1.54) is 66.4 Å². The summed E-state index contributed by atoms with van der Waals surface area (Å²) in [4.78, 5) is 2.45. The summed E-state index contributed by atoms with van der Waals surface area (Å²) in [7, 11) is 0. The lowest BCUT2D eigenvalue weighted by Gasteiger charge is -2.35. The van der Waals surface area contributed by atoms with Crippen molar-refractivity contribution in [2.24, 2.45) is 0 Å². The lowest BCUT2D eigenvalue weighted by Crippen LogP contribution is -2.29. The van der Waals surface area contributed by atoms with E-state index < -0.39 is 5.41 Å². The molecule has 0 fully saturated rings. The number of anilines is 3. The molecule has 9 aromatic carbocycles. The van der Waals surface area contributed by atoms with Crippen molar-refractivity contribution >= 4 is 27.8 Å². The summed E-state index contributed by atoms with van der Waals surface area (Å²) < 4.78 is 0. The number of benzene rings is 9. The maximum atomic E-state index is 2.48. The standard InChI is InChI=1S/C53H37N/c1-6-19-38(20-7-1)39-33-35-44(36-34-39)54(43-27-14-5-15-28-43)50-32-18-31-49-51(50)48-37-47(40-21-8-2-9-22-40)45-29-16-17-30-46(45)52(48)53(49,41-23-10-3-11-24-41)42-25-12-4-13-26-42/h1-37H. The largest absolute Gasteiger partial charge is 0.310 e. The molecule has 1 aliphatic rings. The quantitative estimate of drug-likeness (QED) is 0.161. The van der Waals surface area contributed by atoms with Crippen molar-refractivity contribution in [3.8, 4) is 33.4 Å². The highest BCUT2D eigenvalue weighted by atomic mass is 15.1. The predicted octanol–water partition coefficient (Wildman–Crippen LogP) is 14.0. The molecular formula is C53H37N. The molecule has 0 saturated carbocycles. The second-order valence-electron chi connectivity index (χ2n) is 14.0. The van der Waals surface area contributed by atoms with E-state index in [-0.39, 0.29) is 0 Å². The molecule has 0 radical (unpaired) electrons. The first-order valence-corrected chi connectivity index (χ1v) is 18.7. The number of para-hydroxylation sites is 1. The summed E-state index contributed by atoms with van der Waals surface area (Å²) in [6.45, 7) is 0. The van der Waals surface area contributed by atoms with Crippen LogP contribution >= 0.6 is 0 Å². The van der Waals surface area contributed by atoms with E-state index in [0.717, 1.165) is 17.1 Å². The van der Waals surface area contributed by atoms with E-state index in [0.29, 0.717) is 0 Å². The summed E-state index contributed by atoms with van der Waals surface area (Å²) >= 11 is 0. The average molecular weight is 688 g/mol. The molecule has 0 bridgehead atoms. The van der Waals surface area contributed by atoms with E-state index in [1.54, 1.807) is 0 Å². The van der Waals surface area contributed by atoms with Gasteiger partial charge in [-0.15, -0.1) is 0 Å². The molecule has 1 aliphatic carbocycles. The Labute approximate surface area is 317 Å². The molecule has 0 saturated heterocycles. The molecule has 0 N–H and O–H groups in total. The Balaban J connectivity index is 1.34. The molecular weight excluding hydrogens is 651 g/mol. The molecule has 0 aliphatic heterocycles. The number of fused-ring (bicyclic) bond motifs is 5. The van der Waals surface area contributed by atoms with Crippen LogP contribution in [0.25, 0.3) is 44.2 Å². The van der Waals surface area contributed by atoms with Gasteiger partial charge >= 0.3 is 0 Å². The fourth-order valence-electron chi connectivity index (χ4n) is 8.87. The highest BCUT2D eigenvalue weighted by molar-refractivity contribution is 6.10. The molecule has 0 heterocycles. The van der Waals surface area contributed by atoms with Crippen LogP contribution in [0.1, 0.15) is 22.3 Å². The van der Waals surface area contributed by atoms with Gasteiger partial charge in [-0.3, -0.25) is 0 Å². The molecule has 9 aromatic rings. The average Bonchev–Trinajstić information content (AvgIpc) is 3.57. The van der Waals surface area contributed by atoms with Crippen LogP contribution in [0.2, 0.25) is 0 Å². The van der Waals surface area contributed by atoms with E-state index in [4.69, 9.17) is 0 Å². The first-order chi connectivity index (χ1) is 26.8. The van der Waals surface area contributed by atoms with E-state index in [1.807, 2.05) is 0 Å². The first kappa shape index (κ1) is 31.7. The van der Waals surface area contributed by atoms with Crippen LogP contribution in [-0.2, 0) is 5.41 Å². The highest BCUT2D eigenvalue weighted by Crippen LogP contribution is 2.62. The molecule has 1 heteroatoms. The second kappa shape index (κ2) is 13.2. The van der Waals surface area contributed by atoms with Gasteiger partial charge in [0, 0.05) is 16.9 Å². The Morgan fingerprint density at radius 2 is 0.815 bits per heavy atom. The summed E-state index contributed by atoms with van der Waals surface area (Å²) in [6.07, 6.45) is 0. The minimum Gasteiger partial charge on any atom is -0.310 e. The summed E-state index contributed by atoms with van der Waals surface area (Å²) in [5.74, 6) is 0. The van der Waals surface area contributed by atoms with Gasteiger partial charge in [0.25, 0.3) is 0 Å². The summed E-state index contributed by atoms with van der Waals surface area (Å²) in [5.41, 5.74) is 15.3. The smallest absolute Gasteiger partial charge is 0.0720 e. The normalized spacial score (nSPS) is 12.6. The first-order valence-electron chi connectivity index (χ1n) is 18.7. The van der Waals surface area contributed by atoms with Crippen LogP contribution in [0.3, 0.4) is 0 Å². The zero-order valence-electron chi connectivity index (χ0n) is 29.8. The maximum absolute atomic E-state index is 2.48. The molecule has 1 nitrogen and oxygen atoms in total. The minimum absolute atomic E-state index is 0.572. The molecule has 254 valence electrons. The summed E-state index contributed by atoms with van der Waals surface area (Å²) in [6, 6.07) is 82.0. The Bertz CT molecular complexity index is 2680. The van der Waals surface area contributed by atoms with Crippen LogP contribution in [0.5, 0.6) is 0 Å². The molecule has 10 rings (SSSR count). The van der Waals surface area contributed by atoms with Gasteiger partial charge in [-0.05, 0) is 97.2 Å². The Morgan fingerprint density at radius 3 is 1.43 bits per heavy atom.